The second kappa shape index (κ2) is 4.17. The Morgan fingerprint density at radius 3 is 2.87 bits per heavy atom. The highest BCUT2D eigenvalue weighted by Gasteiger charge is 2.09. The minimum absolute atomic E-state index is 0.265. The zero-order valence-corrected chi connectivity index (χ0v) is 8.37. The molecular formula is C12H10FN2. The summed E-state index contributed by atoms with van der Waals surface area (Å²) in [4.78, 5) is 7.82. The van der Waals surface area contributed by atoms with Crippen LogP contribution in [0.25, 0.3) is 11.3 Å². The summed E-state index contributed by atoms with van der Waals surface area (Å²) in [5.41, 5.74) is 2.07. The van der Waals surface area contributed by atoms with Crippen molar-refractivity contribution in [2.45, 2.75) is 13.3 Å². The summed E-state index contributed by atoms with van der Waals surface area (Å²) >= 11 is 0. The van der Waals surface area contributed by atoms with Gasteiger partial charge in [-0.05, 0) is 24.1 Å². The fourth-order valence-corrected chi connectivity index (χ4v) is 1.46. The van der Waals surface area contributed by atoms with Gasteiger partial charge in [-0.25, -0.2) is 14.4 Å². The van der Waals surface area contributed by atoms with Crippen molar-refractivity contribution in [1.29, 1.82) is 0 Å². The molecule has 0 N–H and O–H groups in total. The number of hydrogen-bond donors (Lipinski definition) is 0. The Bertz CT molecular complexity index is 469. The molecule has 1 aromatic heterocycles. The lowest BCUT2D eigenvalue weighted by molar-refractivity contribution is 0.630. The van der Waals surface area contributed by atoms with Crippen molar-refractivity contribution in [2.24, 2.45) is 0 Å². The van der Waals surface area contributed by atoms with Crippen LogP contribution in [0.3, 0.4) is 0 Å². The Morgan fingerprint density at radius 2 is 2.13 bits per heavy atom. The van der Waals surface area contributed by atoms with Crippen LogP contribution in [0.2, 0.25) is 0 Å². The van der Waals surface area contributed by atoms with Crippen LogP contribution in [0.1, 0.15) is 12.5 Å². The molecule has 0 amide bonds. The highest BCUT2D eigenvalue weighted by Crippen LogP contribution is 2.23. The number of halogens is 1. The molecule has 0 aliphatic heterocycles. The summed E-state index contributed by atoms with van der Waals surface area (Å²) in [6, 6.07) is 6.59. The number of aromatic nitrogens is 2. The molecule has 2 aromatic rings. The molecule has 2 nitrogen and oxygen atoms in total. The van der Waals surface area contributed by atoms with Crippen LogP contribution >= 0.6 is 0 Å². The first-order valence-corrected chi connectivity index (χ1v) is 4.79. The normalized spacial score (nSPS) is 10.3. The van der Waals surface area contributed by atoms with E-state index in [1.54, 1.807) is 24.4 Å². The first-order chi connectivity index (χ1) is 7.33. The van der Waals surface area contributed by atoms with Gasteiger partial charge in [0.1, 0.15) is 5.82 Å². The lowest BCUT2D eigenvalue weighted by Gasteiger charge is -2.05. The van der Waals surface area contributed by atoms with Gasteiger partial charge in [-0.2, -0.15) is 0 Å². The molecule has 0 aliphatic rings. The van der Waals surface area contributed by atoms with Crippen molar-refractivity contribution in [3.05, 3.63) is 48.2 Å². The Hall–Kier alpha value is -1.77. The van der Waals surface area contributed by atoms with Crippen molar-refractivity contribution in [3.63, 3.8) is 0 Å². The van der Waals surface area contributed by atoms with E-state index in [0.717, 1.165) is 12.0 Å². The van der Waals surface area contributed by atoms with Crippen LogP contribution in [-0.4, -0.2) is 9.97 Å². The van der Waals surface area contributed by atoms with Crippen LogP contribution in [0, 0.1) is 12.1 Å². The molecule has 0 unspecified atom stereocenters. The maximum absolute atomic E-state index is 13.5. The lowest BCUT2D eigenvalue weighted by Crippen LogP contribution is -1.95. The molecule has 1 radical (unpaired) electrons. The van der Waals surface area contributed by atoms with Crippen molar-refractivity contribution in [1.82, 2.24) is 9.97 Å². The molecule has 2 rings (SSSR count). The number of rotatable bonds is 2. The van der Waals surface area contributed by atoms with Crippen LogP contribution in [0.5, 0.6) is 0 Å². The van der Waals surface area contributed by atoms with E-state index in [9.17, 15) is 4.39 Å². The van der Waals surface area contributed by atoms with E-state index in [-0.39, 0.29) is 5.82 Å². The van der Waals surface area contributed by atoms with E-state index >= 15 is 0 Å². The molecule has 0 saturated heterocycles. The molecule has 0 aliphatic carbocycles. The lowest BCUT2D eigenvalue weighted by atomic mass is 10.1. The molecular weight excluding hydrogens is 191 g/mol. The molecule has 1 aromatic carbocycles. The minimum Gasteiger partial charge on any atom is -0.233 e. The minimum atomic E-state index is -0.265. The Labute approximate surface area is 87.8 Å². The van der Waals surface area contributed by atoms with E-state index in [2.05, 4.69) is 16.3 Å². The summed E-state index contributed by atoms with van der Waals surface area (Å²) in [5, 5.41) is 0. The third-order valence-electron chi connectivity index (χ3n) is 2.25. The molecule has 3 heteroatoms. The predicted octanol–water partition coefficient (Wildman–Crippen LogP) is 2.65. The van der Waals surface area contributed by atoms with Gasteiger partial charge in [-0.1, -0.05) is 19.1 Å². The molecule has 0 atom stereocenters. The van der Waals surface area contributed by atoms with Gasteiger partial charge in [0.05, 0.1) is 5.69 Å². The number of hydrogen-bond acceptors (Lipinski definition) is 2. The highest BCUT2D eigenvalue weighted by atomic mass is 19.1. The summed E-state index contributed by atoms with van der Waals surface area (Å²) in [6.45, 7) is 1.99. The van der Waals surface area contributed by atoms with E-state index in [0.29, 0.717) is 11.3 Å². The molecule has 1 heterocycles. The smallest absolute Gasteiger partial charge is 0.198 e. The molecule has 0 bridgehead atoms. The zero-order valence-electron chi connectivity index (χ0n) is 8.37. The number of aryl methyl sites for hydroxylation is 1. The summed E-state index contributed by atoms with van der Waals surface area (Å²) in [5.74, 6) is -0.265. The van der Waals surface area contributed by atoms with E-state index in [4.69, 9.17) is 0 Å². The molecule has 0 spiro atoms. The first-order valence-electron chi connectivity index (χ1n) is 4.79. The largest absolute Gasteiger partial charge is 0.233 e. The molecule has 75 valence electrons. The first kappa shape index (κ1) is 9.77. The van der Waals surface area contributed by atoms with Gasteiger partial charge < -0.3 is 0 Å². The van der Waals surface area contributed by atoms with Gasteiger partial charge in [0.15, 0.2) is 6.33 Å². The summed E-state index contributed by atoms with van der Waals surface area (Å²) < 4.78 is 13.5. The van der Waals surface area contributed by atoms with Crippen molar-refractivity contribution in [2.75, 3.05) is 0 Å². The second-order valence-corrected chi connectivity index (χ2v) is 3.18. The summed E-state index contributed by atoms with van der Waals surface area (Å²) in [7, 11) is 0. The van der Waals surface area contributed by atoms with Gasteiger partial charge >= 0.3 is 0 Å². The average molecular weight is 201 g/mol. The van der Waals surface area contributed by atoms with E-state index < -0.39 is 0 Å². The topological polar surface area (TPSA) is 25.8 Å². The Morgan fingerprint density at radius 1 is 1.33 bits per heavy atom. The Balaban J connectivity index is 2.59. The van der Waals surface area contributed by atoms with Gasteiger partial charge in [0, 0.05) is 11.8 Å². The molecule has 15 heavy (non-hydrogen) atoms. The van der Waals surface area contributed by atoms with Crippen molar-refractivity contribution >= 4 is 0 Å². The van der Waals surface area contributed by atoms with E-state index in [1.165, 1.54) is 6.07 Å². The van der Waals surface area contributed by atoms with Crippen molar-refractivity contribution in [3.8, 4) is 11.3 Å². The maximum atomic E-state index is 13.5. The van der Waals surface area contributed by atoms with Gasteiger partial charge in [-0.3, -0.25) is 0 Å². The quantitative estimate of drug-likeness (QED) is 0.746. The van der Waals surface area contributed by atoms with Gasteiger partial charge in [0.2, 0.25) is 0 Å². The van der Waals surface area contributed by atoms with Crippen LogP contribution < -0.4 is 0 Å². The average Bonchev–Trinajstić information content (AvgIpc) is 2.30. The van der Waals surface area contributed by atoms with Crippen LogP contribution in [0.4, 0.5) is 4.39 Å². The molecule has 0 fully saturated rings. The SMILES string of the molecule is CCc1cn[c]nc1-c1ccccc1F. The van der Waals surface area contributed by atoms with E-state index in [1.807, 2.05) is 6.92 Å². The summed E-state index contributed by atoms with van der Waals surface area (Å²) in [6.07, 6.45) is 4.95. The second-order valence-electron chi connectivity index (χ2n) is 3.18. The van der Waals surface area contributed by atoms with Gasteiger partial charge in [-0.15, -0.1) is 0 Å². The fourth-order valence-electron chi connectivity index (χ4n) is 1.46. The third kappa shape index (κ3) is 1.86. The fraction of sp³-hybridized carbons (Fsp3) is 0.167. The monoisotopic (exact) mass is 201 g/mol. The maximum Gasteiger partial charge on any atom is 0.198 e. The third-order valence-corrected chi connectivity index (χ3v) is 2.25. The number of benzene rings is 1. The van der Waals surface area contributed by atoms with Crippen LogP contribution in [-0.2, 0) is 6.42 Å². The standard InChI is InChI=1S/C12H10FN2/c1-2-9-7-14-8-15-12(9)10-5-3-4-6-11(10)13/h3-7H,2H2,1H3. The predicted molar refractivity (Wildman–Crippen MR) is 55.6 cm³/mol. The number of nitrogens with zero attached hydrogens (tertiary/aromatic N) is 2. The van der Waals surface area contributed by atoms with Gasteiger partial charge in [0.25, 0.3) is 0 Å². The van der Waals surface area contributed by atoms with Crippen molar-refractivity contribution < 1.29 is 4.39 Å². The zero-order chi connectivity index (χ0) is 10.7. The van der Waals surface area contributed by atoms with Crippen LogP contribution in [0.15, 0.2) is 30.5 Å². The Kier molecular flexibility index (Phi) is 2.72. The molecule has 0 saturated carbocycles. The highest BCUT2D eigenvalue weighted by molar-refractivity contribution is 5.62.